The molecular formula is C7H3N9. The van der Waals surface area contributed by atoms with Crippen molar-refractivity contribution in [2.45, 2.75) is 0 Å². The summed E-state index contributed by atoms with van der Waals surface area (Å²) >= 11 is 0. The Bertz CT molecular complexity index is 687. The highest BCUT2D eigenvalue weighted by Gasteiger charge is 2.05. The second-order valence-electron chi connectivity index (χ2n) is 2.84. The molecule has 3 heterocycles. The zero-order chi connectivity index (χ0) is 11.0. The van der Waals surface area contributed by atoms with Crippen molar-refractivity contribution in [1.82, 2.24) is 40.0 Å². The molecule has 0 aliphatic heterocycles. The van der Waals surface area contributed by atoms with Gasteiger partial charge in [-0.25, -0.2) is 4.98 Å². The van der Waals surface area contributed by atoms with E-state index in [9.17, 15) is 0 Å². The van der Waals surface area contributed by atoms with E-state index < -0.39 is 0 Å². The number of nitriles is 1. The molecule has 0 fully saturated rings. The third-order valence-electron chi connectivity index (χ3n) is 1.88. The first-order valence-corrected chi connectivity index (χ1v) is 4.24. The number of hydrogen-bond acceptors (Lipinski definition) is 7. The van der Waals surface area contributed by atoms with Crippen LogP contribution >= 0.6 is 0 Å². The van der Waals surface area contributed by atoms with Gasteiger partial charge < -0.3 is 0 Å². The van der Waals surface area contributed by atoms with Crippen LogP contribution in [0.2, 0.25) is 0 Å². The monoisotopic (exact) mass is 213 g/mol. The summed E-state index contributed by atoms with van der Waals surface area (Å²) in [4.78, 5) is 3.77. The molecule has 0 bridgehead atoms. The van der Waals surface area contributed by atoms with E-state index in [1.807, 2.05) is 6.07 Å². The predicted molar refractivity (Wildman–Crippen MR) is 48.2 cm³/mol. The van der Waals surface area contributed by atoms with Gasteiger partial charge in [-0.2, -0.15) is 9.94 Å². The van der Waals surface area contributed by atoms with Gasteiger partial charge >= 0.3 is 0 Å². The molecular weight excluding hydrogens is 210 g/mol. The number of fused-ring (bicyclic) bond motifs is 1. The van der Waals surface area contributed by atoms with Crippen LogP contribution in [0, 0.1) is 11.3 Å². The Labute approximate surface area is 87.9 Å². The molecule has 0 amide bonds. The normalized spacial score (nSPS) is 10.4. The SMILES string of the molecule is N#Cc1ncn(-c2ccc3nnnn3n2)n1. The minimum absolute atomic E-state index is 0.0820. The van der Waals surface area contributed by atoms with Gasteiger partial charge in [0.05, 0.1) is 0 Å². The highest BCUT2D eigenvalue weighted by Crippen LogP contribution is 2.02. The molecule has 16 heavy (non-hydrogen) atoms. The fraction of sp³-hybridized carbons (Fsp3) is 0. The van der Waals surface area contributed by atoms with Crippen molar-refractivity contribution in [1.29, 1.82) is 5.26 Å². The zero-order valence-corrected chi connectivity index (χ0v) is 7.76. The summed E-state index contributed by atoms with van der Waals surface area (Å²) < 4.78 is 2.64. The van der Waals surface area contributed by atoms with Gasteiger partial charge in [-0.15, -0.1) is 19.9 Å². The molecule has 76 valence electrons. The number of rotatable bonds is 1. The maximum absolute atomic E-state index is 8.59. The van der Waals surface area contributed by atoms with Crippen LogP contribution in [0.3, 0.4) is 0 Å². The lowest BCUT2D eigenvalue weighted by molar-refractivity contribution is 0.701. The number of hydrogen-bond donors (Lipinski definition) is 0. The molecule has 9 heteroatoms. The van der Waals surface area contributed by atoms with E-state index in [-0.39, 0.29) is 5.82 Å². The van der Waals surface area contributed by atoms with E-state index in [1.54, 1.807) is 12.1 Å². The molecule has 3 rings (SSSR count). The average molecular weight is 213 g/mol. The molecule has 0 N–H and O–H groups in total. The molecule has 3 aromatic rings. The second-order valence-corrected chi connectivity index (χ2v) is 2.84. The molecule has 0 radical (unpaired) electrons. The third kappa shape index (κ3) is 1.17. The summed E-state index contributed by atoms with van der Waals surface area (Å²) in [6.07, 6.45) is 1.40. The highest BCUT2D eigenvalue weighted by molar-refractivity contribution is 5.36. The largest absolute Gasteiger partial charge is 0.252 e. The van der Waals surface area contributed by atoms with E-state index in [0.717, 1.165) is 0 Å². The first-order valence-electron chi connectivity index (χ1n) is 4.24. The summed E-state index contributed by atoms with van der Waals surface area (Å²) in [6, 6.07) is 5.20. The Morgan fingerprint density at radius 1 is 1.25 bits per heavy atom. The van der Waals surface area contributed by atoms with Crippen LogP contribution in [-0.2, 0) is 0 Å². The van der Waals surface area contributed by atoms with E-state index in [1.165, 1.54) is 15.6 Å². The molecule has 0 aliphatic carbocycles. The van der Waals surface area contributed by atoms with Crippen molar-refractivity contribution in [2.75, 3.05) is 0 Å². The van der Waals surface area contributed by atoms with E-state index in [0.29, 0.717) is 11.5 Å². The van der Waals surface area contributed by atoms with Crippen LogP contribution in [0.25, 0.3) is 11.5 Å². The van der Waals surface area contributed by atoms with Crippen LogP contribution in [0.4, 0.5) is 0 Å². The van der Waals surface area contributed by atoms with E-state index in [4.69, 9.17) is 5.26 Å². The first kappa shape index (κ1) is 8.42. The molecule has 0 saturated heterocycles. The molecule has 0 atom stereocenters. The average Bonchev–Trinajstić information content (AvgIpc) is 2.96. The van der Waals surface area contributed by atoms with Crippen molar-refractivity contribution in [3.05, 3.63) is 24.3 Å². The molecule has 0 aromatic carbocycles. The minimum atomic E-state index is 0.0820. The molecule has 3 aromatic heterocycles. The molecule has 0 spiro atoms. The maximum atomic E-state index is 8.59. The van der Waals surface area contributed by atoms with Crippen molar-refractivity contribution in [2.24, 2.45) is 0 Å². The van der Waals surface area contributed by atoms with E-state index in [2.05, 4.69) is 30.7 Å². The molecule has 0 saturated carbocycles. The highest BCUT2D eigenvalue weighted by atomic mass is 15.6. The zero-order valence-electron chi connectivity index (χ0n) is 7.76. The fourth-order valence-electron chi connectivity index (χ4n) is 1.19. The summed E-state index contributed by atoms with van der Waals surface area (Å²) in [7, 11) is 0. The fourth-order valence-corrected chi connectivity index (χ4v) is 1.19. The summed E-state index contributed by atoms with van der Waals surface area (Å²) in [6.45, 7) is 0. The minimum Gasteiger partial charge on any atom is -0.206 e. The van der Waals surface area contributed by atoms with Crippen LogP contribution in [-0.4, -0.2) is 40.0 Å². The Hall–Kier alpha value is -2.89. The Morgan fingerprint density at radius 3 is 3.00 bits per heavy atom. The smallest absolute Gasteiger partial charge is 0.206 e. The quantitative estimate of drug-likeness (QED) is 0.508. The van der Waals surface area contributed by atoms with Crippen molar-refractivity contribution >= 4 is 5.65 Å². The van der Waals surface area contributed by atoms with Gasteiger partial charge in [-0.1, -0.05) is 0 Å². The van der Waals surface area contributed by atoms with Gasteiger partial charge in [0.15, 0.2) is 11.5 Å². The lowest BCUT2D eigenvalue weighted by Gasteiger charge is -1.96. The molecule has 0 aliphatic rings. The lowest BCUT2D eigenvalue weighted by Crippen LogP contribution is -2.03. The maximum Gasteiger partial charge on any atom is 0.252 e. The van der Waals surface area contributed by atoms with Gasteiger partial charge in [-0.3, -0.25) is 0 Å². The summed E-state index contributed by atoms with van der Waals surface area (Å²) in [5.41, 5.74) is 0.532. The lowest BCUT2D eigenvalue weighted by atomic mass is 10.5. The van der Waals surface area contributed by atoms with Gasteiger partial charge in [0.1, 0.15) is 12.4 Å². The van der Waals surface area contributed by atoms with Crippen molar-refractivity contribution < 1.29 is 0 Å². The Morgan fingerprint density at radius 2 is 2.19 bits per heavy atom. The topological polar surface area (TPSA) is 110 Å². The molecule has 9 nitrogen and oxygen atoms in total. The van der Waals surface area contributed by atoms with Crippen LogP contribution in [0.5, 0.6) is 0 Å². The standard InChI is InChI=1S/C7H3N9/c8-3-5-9-4-15(11-5)7-2-1-6-10-13-14-16(6)12-7/h1-2,4H. The first-order chi connectivity index (χ1) is 7.86. The summed E-state index contributed by atoms with van der Waals surface area (Å²) in [5.74, 6) is 0.562. The van der Waals surface area contributed by atoms with Gasteiger partial charge in [-0.05, 0) is 22.6 Å². The second kappa shape index (κ2) is 3.06. The Kier molecular flexibility index (Phi) is 1.61. The van der Waals surface area contributed by atoms with Crippen molar-refractivity contribution in [3.63, 3.8) is 0 Å². The summed E-state index contributed by atoms with van der Waals surface area (Å²) in [5, 5.41) is 27.4. The van der Waals surface area contributed by atoms with Crippen molar-refractivity contribution in [3.8, 4) is 11.9 Å². The number of aromatic nitrogens is 8. The van der Waals surface area contributed by atoms with Gasteiger partial charge in [0.2, 0.25) is 0 Å². The molecule has 0 unspecified atom stereocenters. The number of nitrogens with zero attached hydrogens (tertiary/aromatic N) is 9. The Balaban J connectivity index is 2.14. The predicted octanol–water partition coefficient (Wildman–Crippen LogP) is -1.03. The van der Waals surface area contributed by atoms with Crippen LogP contribution in [0.15, 0.2) is 18.5 Å². The third-order valence-corrected chi connectivity index (χ3v) is 1.88. The van der Waals surface area contributed by atoms with Gasteiger partial charge in [0.25, 0.3) is 5.82 Å². The van der Waals surface area contributed by atoms with Gasteiger partial charge in [0, 0.05) is 0 Å². The van der Waals surface area contributed by atoms with Crippen LogP contribution < -0.4 is 0 Å². The van der Waals surface area contributed by atoms with E-state index >= 15 is 0 Å². The number of tetrazole rings is 1. The van der Waals surface area contributed by atoms with Crippen LogP contribution in [0.1, 0.15) is 5.82 Å².